The average molecular weight is 267 g/mol. The largest absolute Gasteiger partial charge is 0.452 e. The molecule has 1 N–H and O–H groups in total. The monoisotopic (exact) mass is 267 g/mol. The van der Waals surface area contributed by atoms with E-state index < -0.39 is 23.6 Å². The van der Waals surface area contributed by atoms with Gasteiger partial charge < -0.3 is 14.7 Å². The van der Waals surface area contributed by atoms with E-state index in [1.807, 2.05) is 4.90 Å². The van der Waals surface area contributed by atoms with Gasteiger partial charge in [0, 0.05) is 19.0 Å². The zero-order valence-electron chi connectivity index (χ0n) is 11.3. The molecule has 2 saturated carbocycles. The average Bonchev–Trinajstić information content (AvgIpc) is 3.08. The van der Waals surface area contributed by atoms with Gasteiger partial charge in [0.25, 0.3) is 5.91 Å². The Balaban J connectivity index is 1.62. The van der Waals surface area contributed by atoms with Crippen LogP contribution in [-0.2, 0) is 14.3 Å². The van der Waals surface area contributed by atoms with Crippen LogP contribution in [0.2, 0.25) is 0 Å². The first kappa shape index (κ1) is 12.9. The number of esters is 1. The summed E-state index contributed by atoms with van der Waals surface area (Å²) in [6.07, 6.45) is 3.57. The van der Waals surface area contributed by atoms with Crippen LogP contribution in [0.5, 0.6) is 0 Å². The molecule has 1 amide bonds. The summed E-state index contributed by atoms with van der Waals surface area (Å²) in [7, 11) is 0. The lowest BCUT2D eigenvalue weighted by Crippen LogP contribution is -2.41. The van der Waals surface area contributed by atoms with Gasteiger partial charge in [-0.2, -0.15) is 0 Å². The minimum atomic E-state index is -0.826. The van der Waals surface area contributed by atoms with E-state index in [-0.39, 0.29) is 5.91 Å². The quantitative estimate of drug-likeness (QED) is 0.770. The lowest BCUT2D eigenvalue weighted by atomic mass is 9.86. The van der Waals surface area contributed by atoms with E-state index >= 15 is 0 Å². The molecule has 0 radical (unpaired) electrons. The van der Waals surface area contributed by atoms with Crippen molar-refractivity contribution in [1.82, 2.24) is 4.90 Å². The molecule has 0 bridgehead atoms. The molecule has 0 aromatic rings. The summed E-state index contributed by atoms with van der Waals surface area (Å²) in [6, 6.07) is 0.379. The second-order valence-corrected chi connectivity index (χ2v) is 6.27. The third kappa shape index (κ3) is 2.14. The summed E-state index contributed by atoms with van der Waals surface area (Å²) in [5, 5.41) is 9.91. The van der Waals surface area contributed by atoms with Crippen molar-refractivity contribution in [3.63, 3.8) is 0 Å². The molecule has 5 heteroatoms. The van der Waals surface area contributed by atoms with Crippen LogP contribution in [0.4, 0.5) is 0 Å². The zero-order chi connectivity index (χ0) is 13.6. The lowest BCUT2D eigenvalue weighted by molar-refractivity contribution is -0.169. The van der Waals surface area contributed by atoms with Crippen molar-refractivity contribution in [2.75, 3.05) is 6.54 Å². The van der Waals surface area contributed by atoms with E-state index in [2.05, 4.69) is 0 Å². The molecule has 3 aliphatic rings. The smallest absolute Gasteiger partial charge is 0.315 e. The Hall–Kier alpha value is -1.10. The number of hydrogen-bond acceptors (Lipinski definition) is 4. The van der Waals surface area contributed by atoms with Crippen LogP contribution in [0.3, 0.4) is 0 Å². The first-order chi connectivity index (χ1) is 9.02. The van der Waals surface area contributed by atoms with Crippen molar-refractivity contribution in [3.8, 4) is 0 Å². The number of carbonyl (C=O) groups is 2. The van der Waals surface area contributed by atoms with Gasteiger partial charge in [-0.15, -0.1) is 0 Å². The molecule has 0 spiro atoms. The van der Waals surface area contributed by atoms with Gasteiger partial charge in [0.15, 0.2) is 6.10 Å². The second-order valence-electron chi connectivity index (χ2n) is 6.27. The first-order valence-corrected chi connectivity index (χ1v) is 7.22. The number of rotatable bonds is 3. The molecular formula is C14H21NO4. The van der Waals surface area contributed by atoms with Crippen molar-refractivity contribution < 1.29 is 19.4 Å². The molecule has 1 aliphatic heterocycles. The molecule has 1 saturated heterocycles. The van der Waals surface area contributed by atoms with Gasteiger partial charge >= 0.3 is 5.97 Å². The maximum Gasteiger partial charge on any atom is 0.315 e. The minimum Gasteiger partial charge on any atom is -0.452 e. The van der Waals surface area contributed by atoms with Gasteiger partial charge in [0.2, 0.25) is 0 Å². The summed E-state index contributed by atoms with van der Waals surface area (Å²) in [4.78, 5) is 26.2. The predicted octanol–water partition coefficient (Wildman–Crippen LogP) is 0.844. The number of aliphatic hydroxyl groups is 1. The number of carbonyl (C=O) groups excluding carboxylic acids is 2. The number of hydrogen-bond donors (Lipinski definition) is 1. The van der Waals surface area contributed by atoms with Crippen molar-refractivity contribution in [3.05, 3.63) is 0 Å². The highest BCUT2D eigenvalue weighted by atomic mass is 16.6. The van der Waals surface area contributed by atoms with E-state index in [0.717, 1.165) is 19.3 Å². The van der Waals surface area contributed by atoms with E-state index in [1.54, 1.807) is 6.92 Å². The van der Waals surface area contributed by atoms with Crippen molar-refractivity contribution >= 4 is 11.9 Å². The Labute approximate surface area is 112 Å². The number of ether oxygens (including phenoxy) is 1. The molecule has 0 aromatic carbocycles. The number of likely N-dealkylation sites (tertiary alicyclic amines) is 1. The molecule has 19 heavy (non-hydrogen) atoms. The fraction of sp³-hybridized carbons (Fsp3) is 0.857. The summed E-state index contributed by atoms with van der Waals surface area (Å²) < 4.78 is 5.40. The Morgan fingerprint density at radius 2 is 2.11 bits per heavy atom. The van der Waals surface area contributed by atoms with Crippen molar-refractivity contribution in [1.29, 1.82) is 0 Å². The van der Waals surface area contributed by atoms with Gasteiger partial charge in [-0.1, -0.05) is 0 Å². The molecule has 3 unspecified atom stereocenters. The fourth-order valence-corrected chi connectivity index (χ4v) is 3.18. The fourth-order valence-electron chi connectivity index (χ4n) is 3.18. The van der Waals surface area contributed by atoms with E-state index in [4.69, 9.17) is 4.74 Å². The van der Waals surface area contributed by atoms with Gasteiger partial charge in [0.1, 0.15) is 0 Å². The molecule has 106 valence electrons. The highest BCUT2D eigenvalue weighted by Gasteiger charge is 2.48. The van der Waals surface area contributed by atoms with Crippen LogP contribution < -0.4 is 0 Å². The Morgan fingerprint density at radius 3 is 2.68 bits per heavy atom. The molecule has 5 nitrogen and oxygen atoms in total. The summed E-state index contributed by atoms with van der Waals surface area (Å²) in [5.41, 5.74) is -0.826. The lowest BCUT2D eigenvalue weighted by Gasteiger charge is -2.27. The molecule has 3 rings (SSSR count). The van der Waals surface area contributed by atoms with Crippen molar-refractivity contribution in [2.24, 2.45) is 5.41 Å². The Kier molecular flexibility index (Phi) is 3.04. The van der Waals surface area contributed by atoms with Crippen LogP contribution in [0.25, 0.3) is 0 Å². The zero-order valence-corrected chi connectivity index (χ0v) is 11.3. The highest BCUT2D eigenvalue weighted by Crippen LogP contribution is 2.40. The minimum absolute atomic E-state index is 0.0491. The number of nitrogens with zero attached hydrogens (tertiary/aromatic N) is 1. The van der Waals surface area contributed by atoms with Gasteiger partial charge in [0.05, 0.1) is 11.5 Å². The number of amides is 1. The van der Waals surface area contributed by atoms with E-state index in [0.29, 0.717) is 31.8 Å². The third-order valence-corrected chi connectivity index (χ3v) is 4.80. The Morgan fingerprint density at radius 1 is 1.37 bits per heavy atom. The maximum atomic E-state index is 12.2. The van der Waals surface area contributed by atoms with Crippen LogP contribution in [0, 0.1) is 5.41 Å². The molecule has 3 fully saturated rings. The van der Waals surface area contributed by atoms with Crippen LogP contribution in [0.15, 0.2) is 0 Å². The van der Waals surface area contributed by atoms with Gasteiger partial charge in [-0.05, 0) is 39.0 Å². The SMILES string of the molecule is CC1(C(=O)OC2CCN(C3CC3)C2=O)CCCC1O. The molecular weight excluding hydrogens is 246 g/mol. The van der Waals surface area contributed by atoms with E-state index in [1.165, 1.54) is 0 Å². The second kappa shape index (κ2) is 4.47. The molecule has 3 atom stereocenters. The molecule has 2 aliphatic carbocycles. The first-order valence-electron chi connectivity index (χ1n) is 7.22. The summed E-state index contributed by atoms with van der Waals surface area (Å²) >= 11 is 0. The summed E-state index contributed by atoms with van der Waals surface area (Å²) in [6.45, 7) is 2.44. The normalized spacial score (nSPS) is 38.8. The molecule has 1 heterocycles. The van der Waals surface area contributed by atoms with Crippen LogP contribution in [0.1, 0.15) is 45.4 Å². The molecule has 0 aromatic heterocycles. The predicted molar refractivity (Wildman–Crippen MR) is 67.2 cm³/mol. The van der Waals surface area contributed by atoms with Gasteiger partial charge in [-0.3, -0.25) is 9.59 Å². The van der Waals surface area contributed by atoms with Crippen LogP contribution >= 0.6 is 0 Å². The maximum absolute atomic E-state index is 12.2. The standard InChI is InChI=1S/C14H21NO4/c1-14(7-2-3-11(14)16)13(18)19-10-6-8-15(12(10)17)9-4-5-9/h9-11,16H,2-8H2,1H3. The Bertz CT molecular complexity index is 406. The van der Waals surface area contributed by atoms with Crippen LogP contribution in [-0.4, -0.2) is 46.7 Å². The summed E-state index contributed by atoms with van der Waals surface area (Å²) in [5.74, 6) is -0.458. The van der Waals surface area contributed by atoms with E-state index in [9.17, 15) is 14.7 Å². The van der Waals surface area contributed by atoms with Crippen molar-refractivity contribution in [2.45, 2.75) is 63.7 Å². The third-order valence-electron chi connectivity index (χ3n) is 4.80. The topological polar surface area (TPSA) is 66.8 Å². The number of aliphatic hydroxyl groups excluding tert-OH is 1. The van der Waals surface area contributed by atoms with Gasteiger partial charge in [-0.25, -0.2) is 0 Å². The highest BCUT2D eigenvalue weighted by molar-refractivity contribution is 5.87.